The lowest BCUT2D eigenvalue weighted by Gasteiger charge is -2.02. The Morgan fingerprint density at radius 1 is 1.40 bits per heavy atom. The third-order valence-electron chi connectivity index (χ3n) is 1.75. The van der Waals surface area contributed by atoms with E-state index in [4.69, 9.17) is 11.6 Å². The molecular weight excluding hydrogens is 216 g/mol. The van der Waals surface area contributed by atoms with Gasteiger partial charge in [0.2, 0.25) is 0 Å². The van der Waals surface area contributed by atoms with E-state index < -0.39 is 0 Å². The van der Waals surface area contributed by atoms with Crippen LogP contribution in [0.2, 0.25) is 5.02 Å². The average molecular weight is 223 g/mol. The number of hydrogen-bond acceptors (Lipinski definition) is 3. The molecule has 0 spiro atoms. The number of carbonyl (C=O) groups is 1. The summed E-state index contributed by atoms with van der Waals surface area (Å²) in [7, 11) is 0. The van der Waals surface area contributed by atoms with Gasteiger partial charge in [-0.1, -0.05) is 22.8 Å². The summed E-state index contributed by atoms with van der Waals surface area (Å²) in [5.74, 6) is -0.328. The number of carbonyl (C=O) groups excluding carboxylic acids is 1. The van der Waals surface area contributed by atoms with Crippen LogP contribution in [0.3, 0.4) is 0 Å². The van der Waals surface area contributed by atoms with Crippen LogP contribution in [0.15, 0.2) is 41.1 Å². The number of rotatable bonds is 2. The average Bonchev–Trinajstić information content (AvgIpc) is 2.70. The number of benzene rings is 1. The minimum atomic E-state index is -0.328. The quantitative estimate of drug-likeness (QED) is 0.850. The van der Waals surface area contributed by atoms with Crippen molar-refractivity contribution in [1.82, 2.24) is 5.16 Å². The Morgan fingerprint density at radius 3 is 2.93 bits per heavy atom. The van der Waals surface area contributed by atoms with Crippen molar-refractivity contribution in [3.05, 3.63) is 47.3 Å². The van der Waals surface area contributed by atoms with Crippen LogP contribution in [-0.4, -0.2) is 11.1 Å². The first-order valence-corrected chi connectivity index (χ1v) is 4.61. The van der Waals surface area contributed by atoms with Gasteiger partial charge in [0.25, 0.3) is 5.91 Å². The number of nitrogens with one attached hydrogen (secondary N) is 1. The number of hydrogen-bond donors (Lipinski definition) is 1. The summed E-state index contributed by atoms with van der Waals surface area (Å²) in [6.45, 7) is 0. The smallest absolute Gasteiger partial charge is 0.277 e. The first kappa shape index (κ1) is 9.73. The third-order valence-corrected chi connectivity index (χ3v) is 1.99. The van der Waals surface area contributed by atoms with Crippen molar-refractivity contribution in [2.75, 3.05) is 5.32 Å². The fourth-order valence-electron chi connectivity index (χ4n) is 1.09. The summed E-state index contributed by atoms with van der Waals surface area (Å²) in [5, 5.41) is 6.72. The fourth-order valence-corrected chi connectivity index (χ4v) is 1.28. The van der Waals surface area contributed by atoms with Crippen LogP contribution >= 0.6 is 11.6 Å². The molecule has 4 nitrogen and oxygen atoms in total. The van der Waals surface area contributed by atoms with Crippen LogP contribution < -0.4 is 5.32 Å². The molecule has 1 heterocycles. The zero-order chi connectivity index (χ0) is 10.7. The molecule has 1 N–H and O–H groups in total. The van der Waals surface area contributed by atoms with Crippen molar-refractivity contribution in [1.29, 1.82) is 0 Å². The highest BCUT2D eigenvalue weighted by atomic mass is 35.5. The normalized spacial score (nSPS) is 9.93. The molecule has 1 aromatic heterocycles. The summed E-state index contributed by atoms with van der Waals surface area (Å²) < 4.78 is 4.56. The number of anilines is 1. The van der Waals surface area contributed by atoms with Gasteiger partial charge in [0, 0.05) is 16.8 Å². The molecule has 0 aliphatic heterocycles. The second-order valence-electron chi connectivity index (χ2n) is 2.85. The predicted octanol–water partition coefficient (Wildman–Crippen LogP) is 2.58. The summed E-state index contributed by atoms with van der Waals surface area (Å²) in [4.78, 5) is 11.5. The van der Waals surface area contributed by atoms with Gasteiger partial charge in [0.15, 0.2) is 5.69 Å². The molecule has 1 aromatic carbocycles. The molecule has 0 fully saturated rings. The molecule has 15 heavy (non-hydrogen) atoms. The number of amides is 1. The Labute approximate surface area is 90.8 Å². The van der Waals surface area contributed by atoms with Gasteiger partial charge in [0.1, 0.15) is 6.26 Å². The minimum absolute atomic E-state index is 0.231. The monoisotopic (exact) mass is 222 g/mol. The van der Waals surface area contributed by atoms with Crippen molar-refractivity contribution >= 4 is 23.2 Å². The van der Waals surface area contributed by atoms with E-state index in [1.807, 2.05) is 0 Å². The van der Waals surface area contributed by atoms with Crippen molar-refractivity contribution < 1.29 is 9.32 Å². The summed E-state index contributed by atoms with van der Waals surface area (Å²) >= 11 is 5.77. The summed E-state index contributed by atoms with van der Waals surface area (Å²) in [6, 6.07) is 8.36. The Morgan fingerprint density at radius 2 is 2.27 bits per heavy atom. The van der Waals surface area contributed by atoms with Gasteiger partial charge in [-0.2, -0.15) is 0 Å². The van der Waals surface area contributed by atoms with Crippen molar-refractivity contribution in [3.63, 3.8) is 0 Å². The third kappa shape index (κ3) is 2.35. The number of aromatic nitrogens is 1. The molecule has 0 aliphatic rings. The first-order chi connectivity index (χ1) is 7.25. The molecule has 0 saturated heterocycles. The molecule has 0 saturated carbocycles. The molecule has 0 unspecified atom stereocenters. The van der Waals surface area contributed by atoms with Crippen molar-refractivity contribution in [2.24, 2.45) is 0 Å². The highest BCUT2D eigenvalue weighted by molar-refractivity contribution is 6.30. The molecule has 76 valence electrons. The van der Waals surface area contributed by atoms with Crippen LogP contribution in [-0.2, 0) is 0 Å². The van der Waals surface area contributed by atoms with E-state index in [1.54, 1.807) is 24.3 Å². The molecule has 0 atom stereocenters. The van der Waals surface area contributed by atoms with Crippen LogP contribution in [0.25, 0.3) is 0 Å². The zero-order valence-electron chi connectivity index (χ0n) is 7.61. The van der Waals surface area contributed by atoms with E-state index in [1.165, 1.54) is 12.3 Å². The molecular formula is C10H7ClN2O2. The van der Waals surface area contributed by atoms with Gasteiger partial charge < -0.3 is 9.84 Å². The lowest BCUT2D eigenvalue weighted by molar-refractivity contribution is 0.101. The molecule has 1 amide bonds. The van der Waals surface area contributed by atoms with E-state index in [9.17, 15) is 4.79 Å². The Balaban J connectivity index is 2.13. The second kappa shape index (κ2) is 4.14. The summed E-state index contributed by atoms with van der Waals surface area (Å²) in [6.07, 6.45) is 1.34. The SMILES string of the molecule is O=C(Nc1cccc(Cl)c1)c1ccon1. The van der Waals surface area contributed by atoms with E-state index >= 15 is 0 Å². The Hall–Kier alpha value is -1.81. The fraction of sp³-hybridized carbons (Fsp3) is 0. The van der Waals surface area contributed by atoms with Crippen LogP contribution in [0.4, 0.5) is 5.69 Å². The highest BCUT2D eigenvalue weighted by Crippen LogP contribution is 2.15. The number of halogens is 1. The number of nitrogens with zero attached hydrogens (tertiary/aromatic N) is 1. The van der Waals surface area contributed by atoms with Crippen LogP contribution in [0, 0.1) is 0 Å². The van der Waals surface area contributed by atoms with E-state index in [0.29, 0.717) is 10.7 Å². The van der Waals surface area contributed by atoms with Crippen molar-refractivity contribution in [3.8, 4) is 0 Å². The van der Waals surface area contributed by atoms with E-state index in [-0.39, 0.29) is 11.6 Å². The lowest BCUT2D eigenvalue weighted by atomic mass is 10.3. The molecule has 5 heteroatoms. The largest absolute Gasteiger partial charge is 0.364 e. The molecule has 2 rings (SSSR count). The standard InChI is InChI=1S/C10H7ClN2O2/c11-7-2-1-3-8(6-7)12-10(14)9-4-5-15-13-9/h1-6H,(H,12,14). The van der Waals surface area contributed by atoms with Crippen LogP contribution in [0.5, 0.6) is 0 Å². The maximum absolute atomic E-state index is 11.5. The maximum Gasteiger partial charge on any atom is 0.277 e. The van der Waals surface area contributed by atoms with E-state index in [0.717, 1.165) is 0 Å². The first-order valence-electron chi connectivity index (χ1n) is 4.23. The zero-order valence-corrected chi connectivity index (χ0v) is 8.36. The topological polar surface area (TPSA) is 55.1 Å². The molecule has 0 aliphatic carbocycles. The predicted molar refractivity (Wildman–Crippen MR) is 55.9 cm³/mol. The van der Waals surface area contributed by atoms with Gasteiger partial charge in [-0.25, -0.2) is 0 Å². The van der Waals surface area contributed by atoms with Crippen molar-refractivity contribution in [2.45, 2.75) is 0 Å². The molecule has 0 radical (unpaired) electrons. The van der Waals surface area contributed by atoms with Gasteiger partial charge in [-0.3, -0.25) is 4.79 Å². The molecule has 2 aromatic rings. The highest BCUT2D eigenvalue weighted by Gasteiger charge is 2.08. The van der Waals surface area contributed by atoms with Gasteiger partial charge in [-0.05, 0) is 18.2 Å². The van der Waals surface area contributed by atoms with Crippen LogP contribution in [0.1, 0.15) is 10.5 Å². The van der Waals surface area contributed by atoms with Gasteiger partial charge >= 0.3 is 0 Å². The Kier molecular flexibility index (Phi) is 2.69. The maximum atomic E-state index is 11.5. The second-order valence-corrected chi connectivity index (χ2v) is 3.29. The van der Waals surface area contributed by atoms with Gasteiger partial charge in [-0.15, -0.1) is 0 Å². The lowest BCUT2D eigenvalue weighted by Crippen LogP contribution is -2.11. The van der Waals surface area contributed by atoms with E-state index in [2.05, 4.69) is 15.0 Å². The molecule has 0 bridgehead atoms. The minimum Gasteiger partial charge on any atom is -0.364 e. The Bertz CT molecular complexity index is 468. The van der Waals surface area contributed by atoms with Gasteiger partial charge in [0.05, 0.1) is 0 Å². The summed E-state index contributed by atoms with van der Waals surface area (Å²) in [5.41, 5.74) is 0.852.